The number of halogens is 1. The van der Waals surface area contributed by atoms with Gasteiger partial charge in [0.1, 0.15) is 0 Å². The van der Waals surface area contributed by atoms with Crippen LogP contribution in [-0.4, -0.2) is 10.8 Å². The Hall–Kier alpha value is -1.88. The van der Waals surface area contributed by atoms with Gasteiger partial charge in [-0.25, -0.2) is 0 Å². The Morgan fingerprint density at radius 3 is 2.41 bits per heavy atom. The van der Waals surface area contributed by atoms with Crippen LogP contribution in [0.4, 0.5) is 5.69 Å². The first-order valence-corrected chi connectivity index (χ1v) is 10.7. The van der Waals surface area contributed by atoms with Gasteiger partial charge < -0.3 is 4.57 Å². The standard InChI is InChI=1S/C24H27IN2/c1-5-6-7-20-8-10-22(11-9-20)26-16-21-15-18(3)27(19(21)4)23-12-13-24(25)17(2)14-23/h8-16H,5-7H2,1-4H3. The average molecular weight is 470 g/mol. The van der Waals surface area contributed by atoms with Gasteiger partial charge in [-0.05, 0) is 104 Å². The molecule has 2 nitrogen and oxygen atoms in total. The molecule has 0 spiro atoms. The maximum absolute atomic E-state index is 4.70. The lowest BCUT2D eigenvalue weighted by atomic mass is 10.1. The first-order valence-electron chi connectivity index (χ1n) is 9.58. The second-order valence-electron chi connectivity index (χ2n) is 7.12. The third-order valence-corrected chi connectivity index (χ3v) is 6.19. The zero-order chi connectivity index (χ0) is 19.4. The summed E-state index contributed by atoms with van der Waals surface area (Å²) in [5, 5.41) is 0. The SMILES string of the molecule is CCCCc1ccc(N=Cc2cc(C)n(-c3ccc(I)c(C)c3)c2C)cc1. The van der Waals surface area contributed by atoms with Gasteiger partial charge in [0.25, 0.3) is 0 Å². The van der Waals surface area contributed by atoms with Crippen LogP contribution in [0, 0.1) is 24.3 Å². The number of unbranched alkanes of at least 4 members (excludes halogenated alkanes) is 1. The molecule has 0 atom stereocenters. The molecule has 140 valence electrons. The number of hydrogen-bond donors (Lipinski definition) is 0. The van der Waals surface area contributed by atoms with Gasteiger partial charge in [-0.3, -0.25) is 4.99 Å². The van der Waals surface area contributed by atoms with Crippen molar-refractivity contribution in [2.45, 2.75) is 47.0 Å². The van der Waals surface area contributed by atoms with E-state index in [2.05, 4.69) is 103 Å². The lowest BCUT2D eigenvalue weighted by molar-refractivity contribution is 0.795. The molecule has 0 unspecified atom stereocenters. The summed E-state index contributed by atoms with van der Waals surface area (Å²) in [5.74, 6) is 0. The molecule has 0 amide bonds. The molecule has 3 heteroatoms. The summed E-state index contributed by atoms with van der Waals surface area (Å²) in [6, 6.07) is 17.4. The fourth-order valence-electron chi connectivity index (χ4n) is 3.36. The first kappa shape index (κ1) is 19.9. The molecule has 0 radical (unpaired) electrons. The summed E-state index contributed by atoms with van der Waals surface area (Å²) in [5.41, 5.74) is 8.52. The van der Waals surface area contributed by atoms with E-state index in [1.54, 1.807) is 0 Å². The van der Waals surface area contributed by atoms with Crippen molar-refractivity contribution in [2.75, 3.05) is 0 Å². The lowest BCUT2D eigenvalue weighted by Crippen LogP contribution is -2.00. The van der Waals surface area contributed by atoms with Crippen LogP contribution in [0.15, 0.2) is 53.5 Å². The van der Waals surface area contributed by atoms with Crippen LogP contribution in [0.1, 0.15) is 47.8 Å². The number of nitrogens with zero attached hydrogens (tertiary/aromatic N) is 2. The van der Waals surface area contributed by atoms with Crippen molar-refractivity contribution in [3.8, 4) is 5.69 Å². The van der Waals surface area contributed by atoms with Crippen molar-refractivity contribution in [3.63, 3.8) is 0 Å². The molecule has 0 aliphatic heterocycles. The Morgan fingerprint density at radius 1 is 1.00 bits per heavy atom. The second-order valence-corrected chi connectivity index (χ2v) is 8.29. The Bertz CT molecular complexity index is 949. The van der Waals surface area contributed by atoms with Crippen LogP contribution in [0.2, 0.25) is 0 Å². The molecule has 0 N–H and O–H groups in total. The number of rotatable bonds is 6. The smallest absolute Gasteiger partial charge is 0.0630 e. The molecule has 3 rings (SSSR count). The number of hydrogen-bond acceptors (Lipinski definition) is 1. The van der Waals surface area contributed by atoms with Crippen LogP contribution in [0.3, 0.4) is 0 Å². The van der Waals surface area contributed by atoms with Crippen molar-refractivity contribution in [2.24, 2.45) is 4.99 Å². The van der Waals surface area contributed by atoms with E-state index >= 15 is 0 Å². The fourth-order valence-corrected chi connectivity index (χ4v) is 3.69. The summed E-state index contributed by atoms with van der Waals surface area (Å²) < 4.78 is 3.60. The minimum Gasteiger partial charge on any atom is -0.318 e. The third kappa shape index (κ3) is 4.70. The van der Waals surface area contributed by atoms with Crippen LogP contribution in [0.25, 0.3) is 5.69 Å². The summed E-state index contributed by atoms with van der Waals surface area (Å²) in [7, 11) is 0. The van der Waals surface area contributed by atoms with Crippen LogP contribution in [0.5, 0.6) is 0 Å². The van der Waals surface area contributed by atoms with Crippen molar-refractivity contribution in [3.05, 3.63) is 80.2 Å². The van der Waals surface area contributed by atoms with E-state index in [4.69, 9.17) is 4.99 Å². The Morgan fingerprint density at radius 2 is 1.74 bits per heavy atom. The number of benzene rings is 2. The minimum absolute atomic E-state index is 1.00. The Labute approximate surface area is 176 Å². The van der Waals surface area contributed by atoms with Gasteiger partial charge in [0, 0.05) is 32.4 Å². The highest BCUT2D eigenvalue weighted by atomic mass is 127. The summed E-state index contributed by atoms with van der Waals surface area (Å²) in [6.45, 7) is 8.70. The molecule has 1 heterocycles. The van der Waals surface area contributed by atoms with Gasteiger partial charge in [0.15, 0.2) is 0 Å². The van der Waals surface area contributed by atoms with Crippen molar-refractivity contribution < 1.29 is 0 Å². The molecule has 0 aliphatic rings. The molecule has 27 heavy (non-hydrogen) atoms. The van der Waals surface area contributed by atoms with Crippen molar-refractivity contribution >= 4 is 34.5 Å². The molecule has 0 aliphatic carbocycles. The fraction of sp³-hybridized carbons (Fsp3) is 0.292. The summed E-state index contributed by atoms with van der Waals surface area (Å²) in [4.78, 5) is 4.70. The predicted octanol–water partition coefficient (Wildman–Crippen LogP) is 7.10. The highest BCUT2D eigenvalue weighted by molar-refractivity contribution is 14.1. The van der Waals surface area contributed by atoms with Crippen LogP contribution in [-0.2, 0) is 6.42 Å². The molecular formula is C24H27IN2. The third-order valence-electron chi connectivity index (χ3n) is 4.98. The average Bonchev–Trinajstić information content (AvgIpc) is 2.95. The Kier molecular flexibility index (Phi) is 6.53. The van der Waals surface area contributed by atoms with E-state index in [-0.39, 0.29) is 0 Å². The predicted molar refractivity (Wildman–Crippen MR) is 125 cm³/mol. The maximum Gasteiger partial charge on any atom is 0.0630 e. The molecule has 0 bridgehead atoms. The van der Waals surface area contributed by atoms with Gasteiger partial charge >= 0.3 is 0 Å². The maximum atomic E-state index is 4.70. The largest absolute Gasteiger partial charge is 0.318 e. The summed E-state index contributed by atoms with van der Waals surface area (Å²) in [6.07, 6.45) is 5.61. The zero-order valence-corrected chi connectivity index (χ0v) is 18.7. The first-order chi connectivity index (χ1) is 13.0. The highest BCUT2D eigenvalue weighted by Gasteiger charge is 2.10. The van der Waals surface area contributed by atoms with E-state index in [9.17, 15) is 0 Å². The Balaban J connectivity index is 1.83. The molecule has 3 aromatic rings. The number of aliphatic imine (C=N–C) groups is 1. The van der Waals surface area contributed by atoms with Crippen molar-refractivity contribution in [1.29, 1.82) is 0 Å². The van der Waals surface area contributed by atoms with Crippen molar-refractivity contribution in [1.82, 2.24) is 4.57 Å². The van der Waals surface area contributed by atoms with Gasteiger partial charge in [-0.15, -0.1) is 0 Å². The van der Waals surface area contributed by atoms with E-state index in [1.807, 2.05) is 6.21 Å². The van der Waals surface area contributed by atoms with Gasteiger partial charge in [-0.1, -0.05) is 25.5 Å². The monoisotopic (exact) mass is 470 g/mol. The molecule has 0 saturated heterocycles. The molecular weight excluding hydrogens is 443 g/mol. The highest BCUT2D eigenvalue weighted by Crippen LogP contribution is 2.23. The summed E-state index contributed by atoms with van der Waals surface area (Å²) >= 11 is 2.38. The van der Waals surface area contributed by atoms with Gasteiger partial charge in [0.2, 0.25) is 0 Å². The molecule has 0 fully saturated rings. The topological polar surface area (TPSA) is 17.3 Å². The van der Waals surface area contributed by atoms with Crippen LogP contribution < -0.4 is 0 Å². The minimum atomic E-state index is 1.00. The molecule has 1 aromatic heterocycles. The molecule has 0 saturated carbocycles. The van der Waals surface area contributed by atoms with Crippen LogP contribution >= 0.6 is 22.6 Å². The zero-order valence-electron chi connectivity index (χ0n) is 16.6. The van der Waals surface area contributed by atoms with Gasteiger partial charge in [0.05, 0.1) is 5.69 Å². The second kappa shape index (κ2) is 8.87. The normalized spacial score (nSPS) is 11.4. The lowest BCUT2D eigenvalue weighted by Gasteiger charge is -2.11. The quantitative estimate of drug-likeness (QED) is 0.270. The van der Waals surface area contributed by atoms with E-state index < -0.39 is 0 Å². The molecule has 2 aromatic carbocycles. The van der Waals surface area contributed by atoms with E-state index in [1.165, 1.54) is 50.2 Å². The van der Waals surface area contributed by atoms with E-state index in [0.29, 0.717) is 0 Å². The number of aryl methyl sites for hydroxylation is 3. The van der Waals surface area contributed by atoms with Gasteiger partial charge in [-0.2, -0.15) is 0 Å². The number of aromatic nitrogens is 1. The van der Waals surface area contributed by atoms with E-state index in [0.717, 1.165) is 12.1 Å².